The Morgan fingerprint density at radius 3 is 2.45 bits per heavy atom. The van der Waals surface area contributed by atoms with E-state index < -0.39 is 16.6 Å². The molecule has 2 aromatic rings. The van der Waals surface area contributed by atoms with Crippen molar-refractivity contribution in [2.45, 2.75) is 6.92 Å². The molecule has 0 fully saturated rings. The van der Waals surface area contributed by atoms with Crippen molar-refractivity contribution < 1.29 is 19.9 Å². The van der Waals surface area contributed by atoms with E-state index in [1.54, 1.807) is 13.0 Å². The van der Waals surface area contributed by atoms with Crippen LogP contribution in [0.4, 0.5) is 11.4 Å². The Hall–Kier alpha value is -3.22. The molecule has 0 bridgehead atoms. The number of carboxylic acids is 1. The van der Waals surface area contributed by atoms with Crippen LogP contribution in [0.1, 0.15) is 21.5 Å². The summed E-state index contributed by atoms with van der Waals surface area (Å²) in [6, 6.07) is 8.63. The SMILES string of the molecule is Cc1cc(C=Nc2ccc(C(=O)O)cc2)c(O)c([N+](=O)[O-])c1. The number of aromatic carboxylic acids is 1. The molecule has 0 radical (unpaired) electrons. The summed E-state index contributed by atoms with van der Waals surface area (Å²) in [5, 5.41) is 29.5. The quantitative estimate of drug-likeness (QED) is 0.512. The maximum atomic E-state index is 10.8. The lowest BCUT2D eigenvalue weighted by molar-refractivity contribution is -0.385. The Kier molecular flexibility index (Phi) is 4.17. The van der Waals surface area contributed by atoms with Gasteiger partial charge in [0.25, 0.3) is 0 Å². The number of aromatic hydroxyl groups is 1. The zero-order chi connectivity index (χ0) is 16.3. The van der Waals surface area contributed by atoms with Crippen LogP contribution in [0.3, 0.4) is 0 Å². The lowest BCUT2D eigenvalue weighted by atomic mass is 10.1. The molecular weight excluding hydrogens is 288 g/mol. The van der Waals surface area contributed by atoms with Gasteiger partial charge in [-0.15, -0.1) is 0 Å². The van der Waals surface area contributed by atoms with Crippen molar-refractivity contribution in [1.29, 1.82) is 0 Å². The third-order valence-corrected chi connectivity index (χ3v) is 2.93. The molecule has 0 aromatic heterocycles. The maximum absolute atomic E-state index is 10.8. The summed E-state index contributed by atoms with van der Waals surface area (Å²) in [7, 11) is 0. The summed E-state index contributed by atoms with van der Waals surface area (Å²) < 4.78 is 0. The first-order chi connectivity index (χ1) is 10.4. The van der Waals surface area contributed by atoms with Gasteiger partial charge in [0.15, 0.2) is 0 Å². The van der Waals surface area contributed by atoms with E-state index in [1.165, 1.54) is 36.5 Å². The molecule has 0 saturated heterocycles. The van der Waals surface area contributed by atoms with E-state index in [9.17, 15) is 20.0 Å². The monoisotopic (exact) mass is 300 g/mol. The van der Waals surface area contributed by atoms with E-state index in [0.29, 0.717) is 11.3 Å². The van der Waals surface area contributed by atoms with Crippen molar-refractivity contribution in [3.63, 3.8) is 0 Å². The van der Waals surface area contributed by atoms with Crippen LogP contribution in [0, 0.1) is 17.0 Å². The number of aliphatic imine (C=N–C) groups is 1. The summed E-state index contributed by atoms with van der Waals surface area (Å²) in [6.07, 6.45) is 1.30. The number of phenolic OH excluding ortho intramolecular Hbond substituents is 1. The minimum atomic E-state index is -1.04. The zero-order valence-corrected chi connectivity index (χ0v) is 11.6. The lowest BCUT2D eigenvalue weighted by Crippen LogP contribution is -1.94. The van der Waals surface area contributed by atoms with Crippen molar-refractivity contribution in [3.05, 3.63) is 63.2 Å². The largest absolute Gasteiger partial charge is 0.502 e. The van der Waals surface area contributed by atoms with Gasteiger partial charge in [0.2, 0.25) is 5.75 Å². The second-order valence-electron chi connectivity index (χ2n) is 4.59. The summed E-state index contributed by atoms with van der Waals surface area (Å²) in [6.45, 7) is 1.67. The summed E-state index contributed by atoms with van der Waals surface area (Å²) in [5.74, 6) is -1.50. The topological polar surface area (TPSA) is 113 Å². The van der Waals surface area contributed by atoms with Gasteiger partial charge in [-0.3, -0.25) is 15.1 Å². The highest BCUT2D eigenvalue weighted by Crippen LogP contribution is 2.30. The van der Waals surface area contributed by atoms with E-state index in [2.05, 4.69) is 4.99 Å². The normalized spacial score (nSPS) is 10.8. The van der Waals surface area contributed by atoms with E-state index >= 15 is 0 Å². The van der Waals surface area contributed by atoms with Crippen LogP contribution in [0.15, 0.2) is 41.4 Å². The molecule has 2 rings (SSSR count). The van der Waals surface area contributed by atoms with Gasteiger partial charge in [-0.1, -0.05) is 0 Å². The molecule has 0 atom stereocenters. The Labute approximate surface area is 125 Å². The van der Waals surface area contributed by atoms with Gasteiger partial charge in [-0.05, 0) is 42.8 Å². The molecule has 0 unspecified atom stereocenters. The Balaban J connectivity index is 2.34. The van der Waals surface area contributed by atoms with Crippen molar-refractivity contribution in [2.24, 2.45) is 4.99 Å². The van der Waals surface area contributed by atoms with Crippen LogP contribution < -0.4 is 0 Å². The molecule has 2 N–H and O–H groups in total. The number of aryl methyl sites for hydroxylation is 1. The van der Waals surface area contributed by atoms with Gasteiger partial charge >= 0.3 is 11.7 Å². The van der Waals surface area contributed by atoms with Crippen LogP contribution in [-0.4, -0.2) is 27.3 Å². The second kappa shape index (κ2) is 6.04. The fraction of sp³-hybridized carbons (Fsp3) is 0.0667. The van der Waals surface area contributed by atoms with Crippen molar-refractivity contribution in [2.75, 3.05) is 0 Å². The Morgan fingerprint density at radius 1 is 1.27 bits per heavy atom. The number of hydrogen-bond donors (Lipinski definition) is 2. The maximum Gasteiger partial charge on any atom is 0.335 e. The Bertz CT molecular complexity index is 766. The van der Waals surface area contributed by atoms with Crippen molar-refractivity contribution in [1.82, 2.24) is 0 Å². The minimum absolute atomic E-state index is 0.132. The van der Waals surface area contributed by atoms with E-state index in [-0.39, 0.29) is 16.8 Å². The summed E-state index contributed by atoms with van der Waals surface area (Å²) in [5.41, 5.74) is 1.05. The van der Waals surface area contributed by atoms with Crippen LogP contribution in [-0.2, 0) is 0 Å². The molecule has 0 heterocycles. The molecule has 0 spiro atoms. The van der Waals surface area contributed by atoms with Gasteiger partial charge in [-0.25, -0.2) is 4.79 Å². The third kappa shape index (κ3) is 3.26. The molecule has 0 aliphatic rings. The highest BCUT2D eigenvalue weighted by atomic mass is 16.6. The summed E-state index contributed by atoms with van der Waals surface area (Å²) >= 11 is 0. The first-order valence-corrected chi connectivity index (χ1v) is 6.24. The van der Waals surface area contributed by atoms with Crippen molar-refractivity contribution >= 4 is 23.6 Å². The first-order valence-electron chi connectivity index (χ1n) is 6.24. The Morgan fingerprint density at radius 2 is 1.91 bits per heavy atom. The van der Waals surface area contributed by atoms with Crippen LogP contribution in [0.25, 0.3) is 0 Å². The number of nitro benzene ring substituents is 1. The number of hydrogen-bond acceptors (Lipinski definition) is 5. The van der Waals surface area contributed by atoms with Crippen LogP contribution in [0.5, 0.6) is 5.75 Å². The fourth-order valence-electron chi connectivity index (χ4n) is 1.86. The molecular formula is C15H12N2O5. The molecule has 0 aliphatic heterocycles. The van der Waals surface area contributed by atoms with Crippen LogP contribution in [0.2, 0.25) is 0 Å². The number of carboxylic acid groups (broad SMARTS) is 1. The molecule has 22 heavy (non-hydrogen) atoms. The first kappa shape index (κ1) is 15.2. The van der Waals surface area contributed by atoms with Gasteiger partial charge in [0.05, 0.1) is 16.2 Å². The minimum Gasteiger partial charge on any atom is -0.502 e. The van der Waals surface area contributed by atoms with E-state index in [4.69, 9.17) is 5.11 Å². The number of benzene rings is 2. The highest BCUT2D eigenvalue weighted by Gasteiger charge is 2.16. The van der Waals surface area contributed by atoms with E-state index in [0.717, 1.165) is 0 Å². The van der Waals surface area contributed by atoms with Crippen LogP contribution >= 0.6 is 0 Å². The number of rotatable bonds is 4. The molecule has 0 saturated carbocycles. The molecule has 112 valence electrons. The summed E-state index contributed by atoms with van der Waals surface area (Å²) in [4.78, 5) is 25.0. The standard InChI is InChI=1S/C15H12N2O5/c1-9-6-11(14(18)13(7-9)17(21)22)8-16-12-4-2-10(3-5-12)15(19)20/h2-8,18H,1H3,(H,19,20). The molecule has 0 aliphatic carbocycles. The lowest BCUT2D eigenvalue weighted by Gasteiger charge is -2.02. The second-order valence-corrected chi connectivity index (χ2v) is 4.59. The van der Waals surface area contributed by atoms with Crippen molar-refractivity contribution in [3.8, 4) is 5.75 Å². The van der Waals surface area contributed by atoms with Gasteiger partial charge in [0, 0.05) is 17.8 Å². The fourth-order valence-corrected chi connectivity index (χ4v) is 1.86. The average molecular weight is 300 g/mol. The number of carbonyl (C=O) groups is 1. The third-order valence-electron chi connectivity index (χ3n) is 2.93. The molecule has 0 amide bonds. The molecule has 7 heteroatoms. The van der Waals surface area contributed by atoms with E-state index in [1.807, 2.05) is 0 Å². The predicted molar refractivity (Wildman–Crippen MR) is 80.2 cm³/mol. The average Bonchev–Trinajstić information content (AvgIpc) is 2.47. The van der Waals surface area contributed by atoms with Gasteiger partial charge in [-0.2, -0.15) is 0 Å². The predicted octanol–water partition coefficient (Wildman–Crippen LogP) is 3.06. The highest BCUT2D eigenvalue weighted by molar-refractivity contribution is 5.89. The molecule has 2 aromatic carbocycles. The number of phenols is 1. The smallest absolute Gasteiger partial charge is 0.335 e. The number of nitrogens with zero attached hydrogens (tertiary/aromatic N) is 2. The molecule has 7 nitrogen and oxygen atoms in total. The van der Waals surface area contributed by atoms with Gasteiger partial charge < -0.3 is 10.2 Å². The number of nitro groups is 1. The zero-order valence-electron chi connectivity index (χ0n) is 11.6. The van der Waals surface area contributed by atoms with Gasteiger partial charge in [0.1, 0.15) is 0 Å².